The molecule has 0 saturated heterocycles. The van der Waals surface area contributed by atoms with Crippen LogP contribution >= 0.6 is 11.6 Å². The first-order valence-electron chi connectivity index (χ1n) is 5.84. The molecule has 0 aliphatic carbocycles. The molecule has 98 valence electrons. The number of benzene rings is 2. The zero-order chi connectivity index (χ0) is 13.8. The molecule has 0 aliphatic heterocycles. The number of amides is 1. The molecule has 2 N–H and O–H groups in total. The number of hydrogen-bond acceptors (Lipinski definition) is 2. The maximum absolute atomic E-state index is 10.9. The van der Waals surface area contributed by atoms with Crippen molar-refractivity contribution in [2.24, 2.45) is 5.73 Å². The molecule has 0 bridgehead atoms. The Labute approximate surface area is 117 Å². The van der Waals surface area contributed by atoms with E-state index in [9.17, 15) is 4.79 Å². The van der Waals surface area contributed by atoms with Gasteiger partial charge in [-0.15, -0.1) is 0 Å². The van der Waals surface area contributed by atoms with Crippen molar-refractivity contribution in [1.29, 1.82) is 0 Å². The molecule has 0 heterocycles. The number of nitrogens with two attached hydrogens (primary N) is 1. The van der Waals surface area contributed by atoms with E-state index in [4.69, 9.17) is 22.1 Å². The lowest BCUT2D eigenvalue weighted by Gasteiger charge is -2.08. The molecule has 0 aromatic heterocycles. The lowest BCUT2D eigenvalue weighted by Crippen LogP contribution is -2.10. The predicted octanol–water partition coefficient (Wildman–Crippen LogP) is 3.33. The summed E-state index contributed by atoms with van der Waals surface area (Å²) in [5.41, 5.74) is 7.61. The summed E-state index contributed by atoms with van der Waals surface area (Å²) in [6.45, 7) is 2.36. The summed E-state index contributed by atoms with van der Waals surface area (Å²) in [4.78, 5) is 10.9. The van der Waals surface area contributed by atoms with Crippen molar-refractivity contribution < 1.29 is 9.53 Å². The maximum Gasteiger partial charge on any atom is 0.248 e. The Balaban J connectivity index is 2.01. The molecule has 0 radical (unpaired) electrons. The van der Waals surface area contributed by atoms with Gasteiger partial charge in [0.2, 0.25) is 5.91 Å². The van der Waals surface area contributed by atoms with Gasteiger partial charge in [0.05, 0.1) is 0 Å². The van der Waals surface area contributed by atoms with Gasteiger partial charge in [-0.2, -0.15) is 0 Å². The second kappa shape index (κ2) is 5.76. The molecule has 0 fully saturated rings. The summed E-state index contributed by atoms with van der Waals surface area (Å²) in [6.07, 6.45) is 0. The number of hydrogen-bond donors (Lipinski definition) is 1. The minimum absolute atomic E-state index is 0.430. The molecule has 0 atom stereocenters. The monoisotopic (exact) mass is 275 g/mol. The largest absolute Gasteiger partial charge is 0.489 e. The van der Waals surface area contributed by atoms with Gasteiger partial charge in [0.25, 0.3) is 0 Å². The molecular weight excluding hydrogens is 262 g/mol. The smallest absolute Gasteiger partial charge is 0.248 e. The van der Waals surface area contributed by atoms with Crippen LogP contribution in [0.5, 0.6) is 5.75 Å². The summed E-state index contributed by atoms with van der Waals surface area (Å²) in [6, 6.07) is 12.5. The van der Waals surface area contributed by atoms with Crippen molar-refractivity contribution >= 4 is 17.5 Å². The van der Waals surface area contributed by atoms with Crippen molar-refractivity contribution in [2.75, 3.05) is 0 Å². The highest BCUT2D eigenvalue weighted by molar-refractivity contribution is 6.31. The van der Waals surface area contributed by atoms with Crippen LogP contribution in [0.4, 0.5) is 0 Å². The third-order valence-electron chi connectivity index (χ3n) is 2.77. The Kier molecular flexibility index (Phi) is 4.07. The topological polar surface area (TPSA) is 52.3 Å². The van der Waals surface area contributed by atoms with Crippen molar-refractivity contribution in [3.63, 3.8) is 0 Å². The van der Waals surface area contributed by atoms with Crippen LogP contribution in [0.3, 0.4) is 0 Å². The Morgan fingerprint density at radius 3 is 2.47 bits per heavy atom. The molecule has 1 amide bonds. The van der Waals surface area contributed by atoms with Crippen molar-refractivity contribution in [1.82, 2.24) is 0 Å². The van der Waals surface area contributed by atoms with Crippen LogP contribution in [0.2, 0.25) is 5.02 Å². The molecule has 0 saturated carbocycles. The van der Waals surface area contributed by atoms with E-state index in [0.29, 0.717) is 12.2 Å². The summed E-state index contributed by atoms with van der Waals surface area (Å²) in [5.74, 6) is 0.335. The molecule has 2 aromatic carbocycles. The Hall–Kier alpha value is -2.00. The summed E-state index contributed by atoms with van der Waals surface area (Å²) >= 11 is 5.95. The molecule has 0 spiro atoms. The highest BCUT2D eigenvalue weighted by atomic mass is 35.5. The Morgan fingerprint density at radius 1 is 1.21 bits per heavy atom. The first-order valence-corrected chi connectivity index (χ1v) is 6.22. The molecular formula is C15H14ClNO2. The molecule has 0 unspecified atom stereocenters. The number of carbonyl (C=O) groups excluding carboxylic acids is 1. The van der Waals surface area contributed by atoms with E-state index in [1.54, 1.807) is 12.1 Å². The van der Waals surface area contributed by atoms with E-state index >= 15 is 0 Å². The van der Waals surface area contributed by atoms with Crippen LogP contribution in [0.25, 0.3) is 0 Å². The third kappa shape index (κ3) is 3.48. The van der Waals surface area contributed by atoms with Crippen molar-refractivity contribution in [3.05, 3.63) is 64.2 Å². The quantitative estimate of drug-likeness (QED) is 0.930. The van der Waals surface area contributed by atoms with Crippen molar-refractivity contribution in [2.45, 2.75) is 13.5 Å². The van der Waals surface area contributed by atoms with Gasteiger partial charge in [0.15, 0.2) is 0 Å². The fourth-order valence-electron chi connectivity index (χ4n) is 1.64. The summed E-state index contributed by atoms with van der Waals surface area (Å²) in [5, 5.41) is 0.721. The van der Waals surface area contributed by atoms with Crippen LogP contribution in [-0.2, 0) is 6.61 Å². The fraction of sp³-hybridized carbons (Fsp3) is 0.133. The maximum atomic E-state index is 10.9. The van der Waals surface area contributed by atoms with Crippen molar-refractivity contribution in [3.8, 4) is 5.75 Å². The molecule has 4 heteroatoms. The van der Waals surface area contributed by atoms with Gasteiger partial charge >= 0.3 is 0 Å². The van der Waals surface area contributed by atoms with Gasteiger partial charge in [0.1, 0.15) is 12.4 Å². The van der Waals surface area contributed by atoms with E-state index in [1.165, 1.54) is 0 Å². The first kappa shape index (κ1) is 13.4. The van der Waals surface area contributed by atoms with Crippen LogP contribution in [0.1, 0.15) is 21.5 Å². The minimum atomic E-state index is -0.430. The molecule has 2 rings (SSSR count). The average Bonchev–Trinajstić information content (AvgIpc) is 2.40. The van der Waals surface area contributed by atoms with Crippen LogP contribution in [-0.4, -0.2) is 5.91 Å². The predicted molar refractivity (Wildman–Crippen MR) is 75.5 cm³/mol. The summed E-state index contributed by atoms with van der Waals surface area (Å²) < 4.78 is 5.65. The zero-order valence-electron chi connectivity index (χ0n) is 10.5. The second-order valence-corrected chi connectivity index (χ2v) is 4.67. The van der Waals surface area contributed by atoms with Crippen LogP contribution in [0, 0.1) is 6.92 Å². The van der Waals surface area contributed by atoms with E-state index in [0.717, 1.165) is 21.9 Å². The number of primary amides is 1. The van der Waals surface area contributed by atoms with Gasteiger partial charge < -0.3 is 10.5 Å². The number of ether oxygens (including phenoxy) is 1. The van der Waals surface area contributed by atoms with Gasteiger partial charge in [-0.25, -0.2) is 0 Å². The highest BCUT2D eigenvalue weighted by Crippen LogP contribution is 2.21. The molecule has 2 aromatic rings. The second-order valence-electron chi connectivity index (χ2n) is 4.26. The molecule has 19 heavy (non-hydrogen) atoms. The van der Waals surface area contributed by atoms with E-state index < -0.39 is 5.91 Å². The average molecular weight is 276 g/mol. The van der Waals surface area contributed by atoms with Gasteiger partial charge in [-0.05, 0) is 48.4 Å². The zero-order valence-corrected chi connectivity index (χ0v) is 11.3. The van der Waals surface area contributed by atoms with Gasteiger partial charge in [-0.1, -0.05) is 23.7 Å². The number of halogens is 1. The SMILES string of the molecule is Cc1cc(OCc2ccc(C(N)=O)cc2)ccc1Cl. The van der Waals surface area contributed by atoms with Gasteiger partial charge in [-0.3, -0.25) is 4.79 Å². The minimum Gasteiger partial charge on any atom is -0.489 e. The van der Waals surface area contributed by atoms with Gasteiger partial charge in [0, 0.05) is 10.6 Å². The van der Waals surface area contributed by atoms with E-state index in [-0.39, 0.29) is 0 Å². The first-order chi connectivity index (χ1) is 9.06. The molecule has 3 nitrogen and oxygen atoms in total. The Bertz CT molecular complexity index is 594. The van der Waals surface area contributed by atoms with Crippen LogP contribution in [0.15, 0.2) is 42.5 Å². The number of aryl methyl sites for hydroxylation is 1. The number of carbonyl (C=O) groups is 1. The fourth-order valence-corrected chi connectivity index (χ4v) is 1.76. The summed E-state index contributed by atoms with van der Waals surface area (Å²) in [7, 11) is 0. The van der Waals surface area contributed by atoms with Crippen LogP contribution < -0.4 is 10.5 Å². The van der Waals surface area contributed by atoms with E-state index in [1.807, 2.05) is 37.3 Å². The lowest BCUT2D eigenvalue weighted by molar-refractivity contribution is 0.1000. The number of rotatable bonds is 4. The lowest BCUT2D eigenvalue weighted by atomic mass is 10.1. The van der Waals surface area contributed by atoms with E-state index in [2.05, 4.69) is 0 Å². The standard InChI is InChI=1S/C15H14ClNO2/c1-10-8-13(6-7-14(10)16)19-9-11-2-4-12(5-3-11)15(17)18/h2-8H,9H2,1H3,(H2,17,18). The highest BCUT2D eigenvalue weighted by Gasteiger charge is 2.02. The molecule has 0 aliphatic rings. The normalized spacial score (nSPS) is 10.2. The Morgan fingerprint density at radius 2 is 1.89 bits per heavy atom. The third-order valence-corrected chi connectivity index (χ3v) is 3.20.